The molecule has 19 heavy (non-hydrogen) atoms. The SMILES string of the molecule is CSCCCCNc1ccccc1N1CCOCC1. The Bertz CT molecular complexity index is 367. The molecule has 0 aromatic heterocycles. The number of anilines is 2. The molecular formula is C15H24N2OS. The lowest BCUT2D eigenvalue weighted by molar-refractivity contribution is 0.123. The van der Waals surface area contributed by atoms with E-state index in [1.807, 2.05) is 11.8 Å². The summed E-state index contributed by atoms with van der Waals surface area (Å²) in [5, 5.41) is 3.58. The summed E-state index contributed by atoms with van der Waals surface area (Å²) in [7, 11) is 0. The molecule has 0 atom stereocenters. The van der Waals surface area contributed by atoms with Crippen molar-refractivity contribution >= 4 is 23.1 Å². The van der Waals surface area contributed by atoms with E-state index in [2.05, 4.69) is 40.7 Å². The quantitative estimate of drug-likeness (QED) is 0.776. The van der Waals surface area contributed by atoms with Crippen LogP contribution < -0.4 is 10.2 Å². The molecule has 1 N–H and O–H groups in total. The van der Waals surface area contributed by atoms with Crippen molar-refractivity contribution in [2.24, 2.45) is 0 Å². The molecule has 0 spiro atoms. The van der Waals surface area contributed by atoms with Gasteiger partial charge in [0.2, 0.25) is 0 Å². The van der Waals surface area contributed by atoms with E-state index in [0.717, 1.165) is 32.8 Å². The first-order valence-corrected chi connectivity index (χ1v) is 8.46. The van der Waals surface area contributed by atoms with Gasteiger partial charge in [-0.3, -0.25) is 0 Å². The Labute approximate surface area is 120 Å². The molecule has 0 bridgehead atoms. The second-order valence-electron chi connectivity index (χ2n) is 4.74. The summed E-state index contributed by atoms with van der Waals surface area (Å²) >= 11 is 1.92. The fourth-order valence-corrected chi connectivity index (χ4v) is 2.79. The zero-order chi connectivity index (χ0) is 13.3. The smallest absolute Gasteiger partial charge is 0.0642 e. The van der Waals surface area contributed by atoms with Gasteiger partial charge in [-0.2, -0.15) is 11.8 Å². The van der Waals surface area contributed by atoms with Gasteiger partial charge in [0.1, 0.15) is 0 Å². The molecule has 0 radical (unpaired) electrons. The van der Waals surface area contributed by atoms with Crippen LogP contribution >= 0.6 is 11.8 Å². The van der Waals surface area contributed by atoms with Crippen LogP contribution in [0.5, 0.6) is 0 Å². The van der Waals surface area contributed by atoms with Gasteiger partial charge in [-0.05, 0) is 37.0 Å². The normalized spacial score (nSPS) is 15.5. The largest absolute Gasteiger partial charge is 0.383 e. The molecule has 1 aromatic carbocycles. The van der Waals surface area contributed by atoms with Crippen LogP contribution in [0.1, 0.15) is 12.8 Å². The van der Waals surface area contributed by atoms with Gasteiger partial charge in [-0.1, -0.05) is 12.1 Å². The number of morpholine rings is 1. The van der Waals surface area contributed by atoms with Crippen LogP contribution in [0.15, 0.2) is 24.3 Å². The molecule has 0 unspecified atom stereocenters. The number of benzene rings is 1. The molecule has 106 valence electrons. The predicted octanol–water partition coefficient (Wildman–Crippen LogP) is 3.08. The van der Waals surface area contributed by atoms with E-state index in [0.29, 0.717) is 0 Å². The molecule has 0 aliphatic carbocycles. The standard InChI is InChI=1S/C15H24N2OS/c1-19-13-5-4-8-16-14-6-2-3-7-15(14)17-9-11-18-12-10-17/h2-3,6-7,16H,4-5,8-13H2,1H3. The number of ether oxygens (including phenoxy) is 1. The number of nitrogens with zero attached hydrogens (tertiary/aromatic N) is 1. The van der Waals surface area contributed by atoms with E-state index >= 15 is 0 Å². The Morgan fingerprint density at radius 1 is 1.21 bits per heavy atom. The molecule has 4 heteroatoms. The molecule has 1 aliphatic heterocycles. The first-order valence-electron chi connectivity index (χ1n) is 7.06. The Morgan fingerprint density at radius 2 is 2.00 bits per heavy atom. The van der Waals surface area contributed by atoms with E-state index < -0.39 is 0 Å². The maximum Gasteiger partial charge on any atom is 0.0642 e. The fraction of sp³-hybridized carbons (Fsp3) is 0.600. The van der Waals surface area contributed by atoms with E-state index in [9.17, 15) is 0 Å². The highest BCUT2D eigenvalue weighted by Crippen LogP contribution is 2.26. The molecule has 1 heterocycles. The zero-order valence-corrected chi connectivity index (χ0v) is 12.5. The molecule has 1 saturated heterocycles. The number of hydrogen-bond acceptors (Lipinski definition) is 4. The molecule has 1 fully saturated rings. The van der Waals surface area contributed by atoms with Crippen molar-refractivity contribution in [1.29, 1.82) is 0 Å². The minimum atomic E-state index is 0.835. The van der Waals surface area contributed by atoms with Gasteiger partial charge in [-0.15, -0.1) is 0 Å². The van der Waals surface area contributed by atoms with E-state index in [-0.39, 0.29) is 0 Å². The van der Waals surface area contributed by atoms with Crippen LogP contribution in [0.25, 0.3) is 0 Å². The molecule has 1 aromatic rings. The van der Waals surface area contributed by atoms with Gasteiger partial charge >= 0.3 is 0 Å². The molecule has 0 amide bonds. The first kappa shape index (κ1) is 14.5. The summed E-state index contributed by atoms with van der Waals surface area (Å²) in [4.78, 5) is 2.41. The summed E-state index contributed by atoms with van der Waals surface area (Å²) in [5.74, 6) is 1.26. The van der Waals surface area contributed by atoms with Gasteiger partial charge in [0.05, 0.1) is 24.6 Å². The van der Waals surface area contributed by atoms with Crippen molar-refractivity contribution in [2.75, 3.05) is 55.1 Å². The third-order valence-electron chi connectivity index (χ3n) is 3.35. The molecule has 1 aliphatic rings. The molecular weight excluding hydrogens is 256 g/mol. The van der Waals surface area contributed by atoms with E-state index in [4.69, 9.17) is 4.74 Å². The van der Waals surface area contributed by atoms with Crippen molar-refractivity contribution in [3.05, 3.63) is 24.3 Å². The zero-order valence-electron chi connectivity index (χ0n) is 11.7. The number of hydrogen-bond donors (Lipinski definition) is 1. The van der Waals surface area contributed by atoms with Crippen LogP contribution in [0.4, 0.5) is 11.4 Å². The Morgan fingerprint density at radius 3 is 2.79 bits per heavy atom. The molecule has 3 nitrogen and oxygen atoms in total. The van der Waals surface area contributed by atoms with Gasteiger partial charge < -0.3 is 15.0 Å². The number of unbranched alkanes of at least 4 members (excludes halogenated alkanes) is 1. The lowest BCUT2D eigenvalue weighted by Crippen LogP contribution is -2.36. The maximum atomic E-state index is 5.42. The van der Waals surface area contributed by atoms with Gasteiger partial charge in [-0.25, -0.2) is 0 Å². The Hall–Kier alpha value is -0.870. The van der Waals surface area contributed by atoms with E-state index in [1.54, 1.807) is 0 Å². The monoisotopic (exact) mass is 280 g/mol. The summed E-state index contributed by atoms with van der Waals surface area (Å²) in [6.07, 6.45) is 4.69. The minimum Gasteiger partial charge on any atom is -0.383 e. The minimum absolute atomic E-state index is 0.835. The second kappa shape index (κ2) is 8.33. The Kier molecular flexibility index (Phi) is 6.37. The van der Waals surface area contributed by atoms with Crippen LogP contribution in [0.3, 0.4) is 0 Å². The average molecular weight is 280 g/mol. The summed E-state index contributed by atoms with van der Waals surface area (Å²) < 4.78 is 5.42. The van der Waals surface area contributed by atoms with Crippen molar-refractivity contribution in [1.82, 2.24) is 0 Å². The first-order chi connectivity index (χ1) is 9.42. The van der Waals surface area contributed by atoms with Gasteiger partial charge in [0.15, 0.2) is 0 Å². The van der Waals surface area contributed by atoms with Crippen LogP contribution in [0, 0.1) is 0 Å². The number of para-hydroxylation sites is 2. The summed E-state index contributed by atoms with van der Waals surface area (Å²) in [6.45, 7) is 4.71. The van der Waals surface area contributed by atoms with Crippen molar-refractivity contribution < 1.29 is 4.74 Å². The summed E-state index contributed by atoms with van der Waals surface area (Å²) in [6, 6.07) is 8.60. The van der Waals surface area contributed by atoms with E-state index in [1.165, 1.54) is 30.0 Å². The predicted molar refractivity (Wildman–Crippen MR) is 85.6 cm³/mol. The highest BCUT2D eigenvalue weighted by Gasteiger charge is 2.13. The second-order valence-corrected chi connectivity index (χ2v) is 5.73. The van der Waals surface area contributed by atoms with Gasteiger partial charge in [0, 0.05) is 19.6 Å². The van der Waals surface area contributed by atoms with Crippen LogP contribution in [-0.4, -0.2) is 44.9 Å². The van der Waals surface area contributed by atoms with Crippen LogP contribution in [-0.2, 0) is 4.74 Å². The maximum absolute atomic E-state index is 5.42. The number of nitrogens with one attached hydrogen (secondary N) is 1. The molecule has 2 rings (SSSR count). The Balaban J connectivity index is 1.88. The highest BCUT2D eigenvalue weighted by molar-refractivity contribution is 7.98. The summed E-state index contributed by atoms with van der Waals surface area (Å²) in [5.41, 5.74) is 2.57. The average Bonchev–Trinajstić information content (AvgIpc) is 2.48. The lowest BCUT2D eigenvalue weighted by atomic mass is 10.2. The third-order valence-corrected chi connectivity index (χ3v) is 4.04. The number of rotatable bonds is 7. The third kappa shape index (κ3) is 4.62. The molecule has 0 saturated carbocycles. The van der Waals surface area contributed by atoms with Crippen LogP contribution in [0.2, 0.25) is 0 Å². The number of thioether (sulfide) groups is 1. The fourth-order valence-electron chi connectivity index (χ4n) is 2.30. The highest BCUT2D eigenvalue weighted by atomic mass is 32.2. The van der Waals surface area contributed by atoms with Crippen molar-refractivity contribution in [3.8, 4) is 0 Å². The van der Waals surface area contributed by atoms with Crippen molar-refractivity contribution in [2.45, 2.75) is 12.8 Å². The topological polar surface area (TPSA) is 24.5 Å². The lowest BCUT2D eigenvalue weighted by Gasteiger charge is -2.30. The van der Waals surface area contributed by atoms with Gasteiger partial charge in [0.25, 0.3) is 0 Å². The van der Waals surface area contributed by atoms with Crippen molar-refractivity contribution in [3.63, 3.8) is 0 Å².